The van der Waals surface area contributed by atoms with Gasteiger partial charge < -0.3 is 15.0 Å². The number of pyridine rings is 1. The van der Waals surface area contributed by atoms with Crippen LogP contribution in [0.25, 0.3) is 0 Å². The summed E-state index contributed by atoms with van der Waals surface area (Å²) in [5.74, 6) is -0.534. The van der Waals surface area contributed by atoms with E-state index < -0.39 is 5.82 Å². The van der Waals surface area contributed by atoms with Crippen LogP contribution in [0.3, 0.4) is 0 Å². The molecule has 0 bridgehead atoms. The average molecular weight is 376 g/mol. The minimum atomic E-state index is -0.395. The van der Waals surface area contributed by atoms with Crippen LogP contribution >= 0.6 is 11.3 Å². The zero-order valence-electron chi connectivity index (χ0n) is 14.4. The zero-order chi connectivity index (χ0) is 17.9. The predicted octanol–water partition coefficient (Wildman–Crippen LogP) is 1.94. The van der Waals surface area contributed by atoms with Crippen LogP contribution in [0.2, 0.25) is 0 Å². The van der Waals surface area contributed by atoms with E-state index in [9.17, 15) is 9.18 Å². The van der Waals surface area contributed by atoms with Crippen molar-refractivity contribution in [1.29, 1.82) is 0 Å². The number of morpholine rings is 1. The molecule has 4 rings (SSSR count). The number of nitrogens with one attached hydrogen (secondary N) is 1. The summed E-state index contributed by atoms with van der Waals surface area (Å²) in [6, 6.07) is 1.59. The van der Waals surface area contributed by atoms with Gasteiger partial charge in [0.25, 0.3) is 0 Å². The Kier molecular flexibility index (Phi) is 5.12. The van der Waals surface area contributed by atoms with E-state index in [-0.39, 0.29) is 18.4 Å². The second-order valence-corrected chi connectivity index (χ2v) is 7.65. The van der Waals surface area contributed by atoms with Crippen LogP contribution in [0.4, 0.5) is 9.52 Å². The van der Waals surface area contributed by atoms with E-state index >= 15 is 0 Å². The highest BCUT2D eigenvalue weighted by molar-refractivity contribution is 7.15. The molecule has 1 aliphatic carbocycles. The minimum Gasteiger partial charge on any atom is -0.378 e. The quantitative estimate of drug-likeness (QED) is 0.883. The molecule has 6 nitrogen and oxygen atoms in total. The summed E-state index contributed by atoms with van der Waals surface area (Å²) < 4.78 is 19.0. The number of carbonyl (C=O) groups is 1. The second kappa shape index (κ2) is 7.67. The van der Waals surface area contributed by atoms with Gasteiger partial charge in [0.05, 0.1) is 25.1 Å². The van der Waals surface area contributed by atoms with Gasteiger partial charge in [-0.3, -0.25) is 9.78 Å². The first-order chi connectivity index (χ1) is 12.7. The van der Waals surface area contributed by atoms with E-state index in [0.29, 0.717) is 12.0 Å². The molecule has 1 amide bonds. The lowest BCUT2D eigenvalue weighted by Crippen LogP contribution is -2.36. The third-order valence-corrected chi connectivity index (χ3v) is 6.11. The largest absolute Gasteiger partial charge is 0.378 e. The Hall–Kier alpha value is -2.06. The van der Waals surface area contributed by atoms with Crippen molar-refractivity contribution in [2.45, 2.75) is 25.8 Å². The molecule has 0 saturated carbocycles. The SMILES string of the molecule is O=C(NCc1ccncc1F)C1CCc2sc(N3CCOCC3)nc2C1. The molecule has 1 atom stereocenters. The fourth-order valence-corrected chi connectivity index (χ4v) is 4.51. The summed E-state index contributed by atoms with van der Waals surface area (Å²) in [5.41, 5.74) is 1.49. The molecule has 8 heteroatoms. The fraction of sp³-hybridized carbons (Fsp3) is 0.500. The number of ether oxygens (including phenoxy) is 1. The number of aromatic nitrogens is 2. The zero-order valence-corrected chi connectivity index (χ0v) is 15.2. The molecule has 1 saturated heterocycles. The molecular formula is C18H21FN4O2S. The van der Waals surface area contributed by atoms with Gasteiger partial charge >= 0.3 is 0 Å². The Morgan fingerprint density at radius 2 is 2.27 bits per heavy atom. The summed E-state index contributed by atoms with van der Waals surface area (Å²) in [6.45, 7) is 3.40. The van der Waals surface area contributed by atoms with Crippen LogP contribution in [-0.2, 0) is 28.9 Å². The van der Waals surface area contributed by atoms with E-state index in [1.165, 1.54) is 11.1 Å². The maximum atomic E-state index is 13.6. The van der Waals surface area contributed by atoms with Gasteiger partial charge in [-0.25, -0.2) is 9.37 Å². The standard InChI is InChI=1S/C18H21FN4O2S/c19-14-11-20-4-3-13(14)10-21-17(24)12-1-2-16-15(9-12)22-18(26-16)23-5-7-25-8-6-23/h3-4,11-12H,1-2,5-10H2,(H,21,24). The molecule has 1 aliphatic heterocycles. The van der Waals surface area contributed by atoms with Crippen LogP contribution in [0, 0.1) is 11.7 Å². The maximum absolute atomic E-state index is 13.6. The van der Waals surface area contributed by atoms with Crippen LogP contribution in [0.1, 0.15) is 22.6 Å². The summed E-state index contributed by atoms with van der Waals surface area (Å²) in [7, 11) is 0. The molecule has 0 radical (unpaired) electrons. The molecular weight excluding hydrogens is 355 g/mol. The van der Waals surface area contributed by atoms with Gasteiger partial charge in [0.15, 0.2) is 5.13 Å². The number of anilines is 1. The Morgan fingerprint density at radius 1 is 1.42 bits per heavy atom. The predicted molar refractivity (Wildman–Crippen MR) is 96.7 cm³/mol. The van der Waals surface area contributed by atoms with E-state index in [2.05, 4.69) is 15.2 Å². The molecule has 1 unspecified atom stereocenters. The Bertz CT molecular complexity index is 791. The Labute approximate surface area is 155 Å². The maximum Gasteiger partial charge on any atom is 0.223 e. The third-order valence-electron chi connectivity index (χ3n) is 4.89. The lowest BCUT2D eigenvalue weighted by molar-refractivity contribution is -0.125. The van der Waals surface area contributed by atoms with Gasteiger partial charge in [-0.15, -0.1) is 11.3 Å². The van der Waals surface area contributed by atoms with Crippen molar-refractivity contribution in [2.24, 2.45) is 5.92 Å². The van der Waals surface area contributed by atoms with Crippen LogP contribution in [0.5, 0.6) is 0 Å². The average Bonchev–Trinajstić information content (AvgIpc) is 3.11. The first kappa shape index (κ1) is 17.4. The number of thiazole rings is 1. The number of carbonyl (C=O) groups excluding carboxylic acids is 1. The van der Waals surface area contributed by atoms with Crippen molar-refractivity contribution in [1.82, 2.24) is 15.3 Å². The highest BCUT2D eigenvalue weighted by Crippen LogP contribution is 2.34. The van der Waals surface area contributed by atoms with Crippen molar-refractivity contribution in [3.63, 3.8) is 0 Å². The van der Waals surface area contributed by atoms with Gasteiger partial charge in [-0.1, -0.05) is 0 Å². The summed E-state index contributed by atoms with van der Waals surface area (Å²) >= 11 is 1.74. The summed E-state index contributed by atoms with van der Waals surface area (Å²) in [4.78, 5) is 24.5. The second-order valence-electron chi connectivity index (χ2n) is 6.59. The number of rotatable bonds is 4. The molecule has 0 spiro atoms. The van der Waals surface area contributed by atoms with Crippen molar-refractivity contribution in [2.75, 3.05) is 31.2 Å². The minimum absolute atomic E-state index is 0.0345. The first-order valence-electron chi connectivity index (χ1n) is 8.88. The smallest absolute Gasteiger partial charge is 0.223 e. The molecule has 2 aromatic heterocycles. The molecule has 3 heterocycles. The monoisotopic (exact) mass is 376 g/mol. The molecule has 1 N–H and O–H groups in total. The van der Waals surface area contributed by atoms with Crippen LogP contribution in [0.15, 0.2) is 18.5 Å². The highest BCUT2D eigenvalue weighted by atomic mass is 32.1. The fourth-order valence-electron chi connectivity index (χ4n) is 3.35. The first-order valence-corrected chi connectivity index (χ1v) is 9.69. The van der Waals surface area contributed by atoms with Crippen LogP contribution in [-0.4, -0.2) is 42.2 Å². The van der Waals surface area contributed by atoms with Crippen molar-refractivity contribution >= 4 is 22.4 Å². The molecule has 1 fully saturated rings. The normalized spacial score (nSPS) is 19.9. The van der Waals surface area contributed by atoms with Crippen molar-refractivity contribution in [3.05, 3.63) is 40.4 Å². The Morgan fingerprint density at radius 3 is 3.08 bits per heavy atom. The molecule has 0 aromatic carbocycles. The van der Waals surface area contributed by atoms with E-state index in [1.807, 2.05) is 0 Å². The number of hydrogen-bond donors (Lipinski definition) is 1. The lowest BCUT2D eigenvalue weighted by Gasteiger charge is -2.26. The van der Waals surface area contributed by atoms with Crippen molar-refractivity contribution < 1.29 is 13.9 Å². The number of nitrogens with zero attached hydrogens (tertiary/aromatic N) is 3. The van der Waals surface area contributed by atoms with Gasteiger partial charge in [0, 0.05) is 48.6 Å². The van der Waals surface area contributed by atoms with E-state index in [0.717, 1.165) is 56.2 Å². The van der Waals surface area contributed by atoms with Gasteiger partial charge in [0.2, 0.25) is 5.91 Å². The highest BCUT2D eigenvalue weighted by Gasteiger charge is 2.28. The summed E-state index contributed by atoms with van der Waals surface area (Å²) in [6.07, 6.45) is 5.03. The number of hydrogen-bond acceptors (Lipinski definition) is 6. The lowest BCUT2D eigenvalue weighted by atomic mass is 9.90. The van der Waals surface area contributed by atoms with Crippen LogP contribution < -0.4 is 10.2 Å². The summed E-state index contributed by atoms with van der Waals surface area (Å²) in [5, 5.41) is 3.89. The Balaban J connectivity index is 1.37. The molecule has 2 aliphatic rings. The number of amides is 1. The molecule has 2 aromatic rings. The molecule has 138 valence electrons. The number of fused-ring (bicyclic) bond motifs is 1. The molecule has 26 heavy (non-hydrogen) atoms. The number of aryl methyl sites for hydroxylation is 1. The van der Waals surface area contributed by atoms with E-state index in [1.54, 1.807) is 17.4 Å². The third kappa shape index (κ3) is 3.71. The van der Waals surface area contributed by atoms with Gasteiger partial charge in [0.1, 0.15) is 5.82 Å². The van der Waals surface area contributed by atoms with Gasteiger partial charge in [-0.2, -0.15) is 0 Å². The van der Waals surface area contributed by atoms with E-state index in [4.69, 9.17) is 9.72 Å². The van der Waals surface area contributed by atoms with Crippen molar-refractivity contribution in [3.8, 4) is 0 Å². The number of halogens is 1. The topological polar surface area (TPSA) is 67.4 Å². The van der Waals surface area contributed by atoms with Gasteiger partial charge in [-0.05, 0) is 18.9 Å².